The van der Waals surface area contributed by atoms with E-state index >= 15 is 0 Å². The van der Waals surface area contributed by atoms with Gasteiger partial charge in [0.2, 0.25) is 0 Å². The second-order valence-corrected chi connectivity index (χ2v) is 10.8. The molecule has 2 fully saturated rings. The standard InChI is InChI=1S/C24H31N7OS/c1-13(2)19-20(18-9-31-22(25-12-26-31)16(5)15(18)4)27-23-21(19)28-24(33-23)30-7-6-29(8-14(30)3)17-10-32-11-17/h9,12-14,17,27H,6-8,10-11H2,1-5H3. The third-order valence-electron chi connectivity index (χ3n) is 7.39. The summed E-state index contributed by atoms with van der Waals surface area (Å²) in [5.41, 5.74) is 8.03. The number of hydrogen-bond acceptors (Lipinski definition) is 7. The first-order valence-corrected chi connectivity index (χ1v) is 12.6. The third-order valence-corrected chi connectivity index (χ3v) is 8.40. The molecule has 0 spiro atoms. The SMILES string of the molecule is Cc1c(-c2[nH]c3sc(N4CCN(C5COC5)CC4C)nc3c2C(C)C)cn2ncnc2c1C. The van der Waals surface area contributed by atoms with E-state index in [4.69, 9.17) is 9.72 Å². The van der Waals surface area contributed by atoms with Crippen molar-refractivity contribution >= 4 is 32.5 Å². The van der Waals surface area contributed by atoms with E-state index in [1.54, 1.807) is 17.7 Å². The topological polar surface area (TPSA) is 74.6 Å². The van der Waals surface area contributed by atoms with Crippen molar-refractivity contribution in [3.05, 3.63) is 29.2 Å². The van der Waals surface area contributed by atoms with Crippen molar-refractivity contribution in [1.29, 1.82) is 0 Å². The van der Waals surface area contributed by atoms with Gasteiger partial charge in [0.1, 0.15) is 16.7 Å². The number of hydrogen-bond donors (Lipinski definition) is 1. The number of nitrogens with one attached hydrogen (secondary N) is 1. The molecule has 2 saturated heterocycles. The van der Waals surface area contributed by atoms with Gasteiger partial charge in [-0.3, -0.25) is 4.90 Å². The zero-order valence-electron chi connectivity index (χ0n) is 19.9. The minimum atomic E-state index is 0.350. The smallest absolute Gasteiger partial charge is 0.188 e. The lowest BCUT2D eigenvalue weighted by atomic mass is 9.96. The van der Waals surface area contributed by atoms with E-state index in [2.05, 4.69) is 65.7 Å². The highest BCUT2D eigenvalue weighted by molar-refractivity contribution is 7.21. The van der Waals surface area contributed by atoms with Crippen LogP contribution >= 0.6 is 11.3 Å². The zero-order valence-corrected chi connectivity index (χ0v) is 20.7. The van der Waals surface area contributed by atoms with Crippen molar-refractivity contribution in [2.75, 3.05) is 37.7 Å². The minimum Gasteiger partial charge on any atom is -0.378 e. The van der Waals surface area contributed by atoms with Crippen molar-refractivity contribution in [2.45, 2.75) is 52.6 Å². The molecule has 6 heterocycles. The monoisotopic (exact) mass is 465 g/mol. The van der Waals surface area contributed by atoms with Gasteiger partial charge < -0.3 is 14.6 Å². The number of rotatable bonds is 4. The number of pyridine rings is 1. The fourth-order valence-corrected chi connectivity index (χ4v) is 6.38. The van der Waals surface area contributed by atoms with Gasteiger partial charge in [-0.2, -0.15) is 5.10 Å². The summed E-state index contributed by atoms with van der Waals surface area (Å²) in [6.45, 7) is 16.0. The first kappa shape index (κ1) is 21.1. The molecular weight excluding hydrogens is 434 g/mol. The number of nitrogens with zero attached hydrogens (tertiary/aromatic N) is 6. The van der Waals surface area contributed by atoms with E-state index in [0.29, 0.717) is 18.0 Å². The number of ether oxygens (including phenoxy) is 1. The van der Waals surface area contributed by atoms with Crippen LogP contribution in [0.15, 0.2) is 12.5 Å². The highest BCUT2D eigenvalue weighted by Gasteiger charge is 2.33. The largest absolute Gasteiger partial charge is 0.378 e. The Balaban J connectivity index is 1.38. The van der Waals surface area contributed by atoms with Gasteiger partial charge in [0.25, 0.3) is 0 Å². The van der Waals surface area contributed by atoms with Gasteiger partial charge in [0.05, 0.1) is 24.9 Å². The summed E-state index contributed by atoms with van der Waals surface area (Å²) in [6, 6.07) is 1.04. The maximum absolute atomic E-state index is 5.40. The van der Waals surface area contributed by atoms with E-state index in [1.807, 2.05) is 4.52 Å². The molecule has 2 aliphatic rings. The minimum absolute atomic E-state index is 0.350. The van der Waals surface area contributed by atoms with Gasteiger partial charge in [-0.25, -0.2) is 14.5 Å². The molecule has 1 unspecified atom stereocenters. The van der Waals surface area contributed by atoms with E-state index in [1.165, 1.54) is 16.7 Å². The number of aromatic amines is 1. The lowest BCUT2D eigenvalue weighted by Crippen LogP contribution is -2.59. The summed E-state index contributed by atoms with van der Waals surface area (Å²) in [7, 11) is 0. The molecule has 1 atom stereocenters. The van der Waals surface area contributed by atoms with Crippen molar-refractivity contribution in [3.63, 3.8) is 0 Å². The van der Waals surface area contributed by atoms with Crippen LogP contribution in [0, 0.1) is 13.8 Å². The van der Waals surface area contributed by atoms with Gasteiger partial charge in [0.15, 0.2) is 10.8 Å². The van der Waals surface area contributed by atoms with Gasteiger partial charge in [-0.1, -0.05) is 25.2 Å². The first-order chi connectivity index (χ1) is 15.9. The Bertz CT molecular complexity index is 1330. The van der Waals surface area contributed by atoms with Crippen LogP contribution in [0.1, 0.15) is 43.4 Å². The molecule has 6 rings (SSSR count). The fraction of sp³-hybridized carbons (Fsp3) is 0.542. The molecule has 4 aromatic rings. The Hall–Kier alpha value is -2.49. The molecule has 0 saturated carbocycles. The number of piperazine rings is 1. The van der Waals surface area contributed by atoms with Crippen LogP contribution < -0.4 is 4.90 Å². The summed E-state index contributed by atoms with van der Waals surface area (Å²) in [5.74, 6) is 0.350. The summed E-state index contributed by atoms with van der Waals surface area (Å²) >= 11 is 1.78. The van der Waals surface area contributed by atoms with Crippen LogP contribution in [0.3, 0.4) is 0 Å². The molecule has 0 amide bonds. The van der Waals surface area contributed by atoms with Crippen molar-refractivity contribution in [1.82, 2.24) is 29.5 Å². The molecular formula is C24H31N7OS. The molecule has 9 heteroatoms. The normalized spacial score (nSPS) is 20.4. The highest BCUT2D eigenvalue weighted by atomic mass is 32.1. The van der Waals surface area contributed by atoms with Gasteiger partial charge in [-0.15, -0.1) is 0 Å². The first-order valence-electron chi connectivity index (χ1n) is 11.8. The van der Waals surface area contributed by atoms with Crippen LogP contribution in [-0.4, -0.2) is 74.4 Å². The van der Waals surface area contributed by atoms with E-state index in [0.717, 1.165) is 65.2 Å². The molecule has 0 aliphatic carbocycles. The predicted octanol–water partition coefficient (Wildman–Crippen LogP) is 3.98. The number of aromatic nitrogens is 5. The second kappa shape index (κ2) is 7.78. The number of fused-ring (bicyclic) bond motifs is 2. The summed E-state index contributed by atoms with van der Waals surface area (Å²) in [6.07, 6.45) is 3.72. The van der Waals surface area contributed by atoms with Gasteiger partial charge in [-0.05, 0) is 37.8 Å². The molecule has 1 N–H and O–H groups in total. The molecule has 0 radical (unpaired) electrons. The van der Waals surface area contributed by atoms with Crippen molar-refractivity contribution in [2.24, 2.45) is 0 Å². The summed E-state index contributed by atoms with van der Waals surface area (Å²) < 4.78 is 7.28. The third kappa shape index (κ3) is 3.28. The molecule has 4 aromatic heterocycles. The molecule has 8 nitrogen and oxygen atoms in total. The van der Waals surface area contributed by atoms with Crippen LogP contribution in [0.5, 0.6) is 0 Å². The molecule has 174 valence electrons. The predicted molar refractivity (Wildman–Crippen MR) is 133 cm³/mol. The molecule has 33 heavy (non-hydrogen) atoms. The van der Waals surface area contributed by atoms with Crippen LogP contribution in [0.4, 0.5) is 5.13 Å². The average Bonchev–Trinajstić information content (AvgIpc) is 3.43. The molecule has 0 aromatic carbocycles. The number of anilines is 1. The number of H-pyrrole nitrogens is 1. The number of thiazole rings is 1. The van der Waals surface area contributed by atoms with E-state index in [9.17, 15) is 0 Å². The highest BCUT2D eigenvalue weighted by Crippen LogP contribution is 2.41. The van der Waals surface area contributed by atoms with Gasteiger partial charge >= 0.3 is 0 Å². The fourth-order valence-electron chi connectivity index (χ4n) is 5.26. The summed E-state index contributed by atoms with van der Waals surface area (Å²) in [5, 5.41) is 5.52. The lowest BCUT2D eigenvalue weighted by Gasteiger charge is -2.45. The molecule has 2 aliphatic heterocycles. The van der Waals surface area contributed by atoms with Crippen LogP contribution in [0.25, 0.3) is 27.3 Å². The van der Waals surface area contributed by atoms with Crippen LogP contribution in [0.2, 0.25) is 0 Å². The van der Waals surface area contributed by atoms with Crippen molar-refractivity contribution in [3.8, 4) is 11.3 Å². The maximum atomic E-state index is 5.40. The average molecular weight is 466 g/mol. The second-order valence-electron chi connectivity index (χ2n) is 9.79. The van der Waals surface area contributed by atoms with Crippen molar-refractivity contribution < 1.29 is 4.74 Å². The Morgan fingerprint density at radius 3 is 2.70 bits per heavy atom. The number of aryl methyl sites for hydroxylation is 1. The Morgan fingerprint density at radius 2 is 2.00 bits per heavy atom. The Labute approximate surface area is 197 Å². The Morgan fingerprint density at radius 1 is 1.18 bits per heavy atom. The molecule has 0 bridgehead atoms. The summed E-state index contributed by atoms with van der Waals surface area (Å²) in [4.78, 5) is 19.6. The lowest BCUT2D eigenvalue weighted by molar-refractivity contribution is -0.0691. The van der Waals surface area contributed by atoms with Crippen LogP contribution in [-0.2, 0) is 4.74 Å². The Kier molecular flexibility index (Phi) is 4.97. The maximum Gasteiger partial charge on any atom is 0.188 e. The quantitative estimate of drug-likeness (QED) is 0.491. The van der Waals surface area contributed by atoms with Gasteiger partial charge in [0, 0.05) is 43.0 Å². The van der Waals surface area contributed by atoms with E-state index < -0.39 is 0 Å². The van der Waals surface area contributed by atoms with E-state index in [-0.39, 0.29) is 0 Å². The zero-order chi connectivity index (χ0) is 22.9.